The predicted molar refractivity (Wildman–Crippen MR) is 76.4 cm³/mol. The third kappa shape index (κ3) is 2.82. The molecule has 0 unspecified atom stereocenters. The van der Waals surface area contributed by atoms with Gasteiger partial charge >= 0.3 is 0 Å². The first-order chi connectivity index (χ1) is 9.83. The molecular weight excluding hydrogens is 254 g/mol. The SMILES string of the molecule is Cc1nccnc1NCCc1ccc2c(c1)OCCO2. The van der Waals surface area contributed by atoms with Gasteiger partial charge in [-0.1, -0.05) is 6.07 Å². The standard InChI is InChI=1S/C15H17N3O2/c1-11-15(18-7-6-16-11)17-5-4-12-2-3-13-14(10-12)20-9-8-19-13/h2-3,6-7,10H,4-5,8-9H2,1H3,(H,17,18). The summed E-state index contributed by atoms with van der Waals surface area (Å²) in [6.07, 6.45) is 4.29. The van der Waals surface area contributed by atoms with E-state index in [2.05, 4.69) is 21.4 Å². The molecule has 1 aliphatic heterocycles. The molecule has 0 radical (unpaired) electrons. The molecule has 0 bridgehead atoms. The van der Waals surface area contributed by atoms with Crippen LogP contribution in [0.25, 0.3) is 0 Å². The molecule has 2 aromatic rings. The van der Waals surface area contributed by atoms with E-state index in [0.717, 1.165) is 36.0 Å². The average Bonchev–Trinajstić information content (AvgIpc) is 2.49. The van der Waals surface area contributed by atoms with Gasteiger partial charge in [0, 0.05) is 18.9 Å². The van der Waals surface area contributed by atoms with Crippen LogP contribution in [0.4, 0.5) is 5.82 Å². The van der Waals surface area contributed by atoms with Gasteiger partial charge in [-0.05, 0) is 31.0 Å². The Morgan fingerprint density at radius 2 is 1.90 bits per heavy atom. The summed E-state index contributed by atoms with van der Waals surface area (Å²) in [6, 6.07) is 6.08. The molecule has 0 fully saturated rings. The molecule has 104 valence electrons. The minimum atomic E-state index is 0.619. The van der Waals surface area contributed by atoms with Gasteiger partial charge in [-0.25, -0.2) is 4.98 Å². The summed E-state index contributed by atoms with van der Waals surface area (Å²) in [4.78, 5) is 8.46. The van der Waals surface area contributed by atoms with Gasteiger partial charge in [-0.3, -0.25) is 4.98 Å². The summed E-state index contributed by atoms with van der Waals surface area (Å²) in [6.45, 7) is 3.99. The Labute approximate surface area is 118 Å². The second-order valence-corrected chi connectivity index (χ2v) is 4.65. The molecule has 0 atom stereocenters. The quantitative estimate of drug-likeness (QED) is 0.924. The van der Waals surface area contributed by atoms with Crippen molar-refractivity contribution in [1.29, 1.82) is 0 Å². The first kappa shape index (κ1) is 12.7. The number of aryl methyl sites for hydroxylation is 1. The Kier molecular flexibility index (Phi) is 3.67. The van der Waals surface area contributed by atoms with Crippen molar-refractivity contribution >= 4 is 5.82 Å². The van der Waals surface area contributed by atoms with Crippen LogP contribution in [0.1, 0.15) is 11.3 Å². The van der Waals surface area contributed by atoms with Crippen molar-refractivity contribution in [3.05, 3.63) is 41.9 Å². The molecule has 2 heterocycles. The van der Waals surface area contributed by atoms with Crippen LogP contribution in [0.15, 0.2) is 30.6 Å². The van der Waals surface area contributed by atoms with Crippen molar-refractivity contribution in [2.75, 3.05) is 25.1 Å². The second kappa shape index (κ2) is 5.77. The van der Waals surface area contributed by atoms with Crippen LogP contribution in [-0.2, 0) is 6.42 Å². The monoisotopic (exact) mass is 271 g/mol. The topological polar surface area (TPSA) is 56.3 Å². The molecule has 20 heavy (non-hydrogen) atoms. The van der Waals surface area contributed by atoms with Crippen molar-refractivity contribution in [2.45, 2.75) is 13.3 Å². The number of nitrogens with one attached hydrogen (secondary N) is 1. The van der Waals surface area contributed by atoms with Crippen LogP contribution in [-0.4, -0.2) is 29.7 Å². The van der Waals surface area contributed by atoms with Crippen molar-refractivity contribution in [2.24, 2.45) is 0 Å². The predicted octanol–water partition coefficient (Wildman–Crippen LogP) is 2.21. The Bertz CT molecular complexity index is 601. The first-order valence-electron chi connectivity index (χ1n) is 6.73. The van der Waals surface area contributed by atoms with Gasteiger partial charge in [0.1, 0.15) is 19.0 Å². The highest BCUT2D eigenvalue weighted by Crippen LogP contribution is 2.30. The minimum Gasteiger partial charge on any atom is -0.486 e. The van der Waals surface area contributed by atoms with Gasteiger partial charge in [-0.2, -0.15) is 0 Å². The van der Waals surface area contributed by atoms with Crippen molar-refractivity contribution in [1.82, 2.24) is 9.97 Å². The van der Waals surface area contributed by atoms with E-state index >= 15 is 0 Å². The van der Waals surface area contributed by atoms with Crippen LogP contribution in [0.2, 0.25) is 0 Å². The normalized spacial score (nSPS) is 13.1. The highest BCUT2D eigenvalue weighted by Gasteiger charge is 2.11. The Morgan fingerprint density at radius 1 is 1.10 bits per heavy atom. The summed E-state index contributed by atoms with van der Waals surface area (Å²) in [5.41, 5.74) is 2.12. The summed E-state index contributed by atoms with van der Waals surface area (Å²) in [5, 5.41) is 3.30. The van der Waals surface area contributed by atoms with Crippen LogP contribution in [0, 0.1) is 6.92 Å². The number of hydrogen-bond acceptors (Lipinski definition) is 5. The molecule has 0 aliphatic carbocycles. The lowest BCUT2D eigenvalue weighted by Gasteiger charge is -2.19. The fraction of sp³-hybridized carbons (Fsp3) is 0.333. The highest BCUT2D eigenvalue weighted by atomic mass is 16.6. The van der Waals surface area contributed by atoms with Gasteiger partial charge < -0.3 is 14.8 Å². The van der Waals surface area contributed by atoms with E-state index in [4.69, 9.17) is 9.47 Å². The highest BCUT2D eigenvalue weighted by molar-refractivity contribution is 5.44. The third-order valence-corrected chi connectivity index (χ3v) is 3.19. The van der Waals surface area contributed by atoms with Gasteiger partial charge in [0.15, 0.2) is 11.5 Å². The zero-order chi connectivity index (χ0) is 13.8. The molecule has 0 saturated carbocycles. The smallest absolute Gasteiger partial charge is 0.161 e. The Hall–Kier alpha value is -2.30. The second-order valence-electron chi connectivity index (χ2n) is 4.65. The van der Waals surface area contributed by atoms with Crippen LogP contribution >= 0.6 is 0 Å². The molecule has 1 aliphatic rings. The molecule has 3 rings (SSSR count). The molecular formula is C15H17N3O2. The molecule has 5 heteroatoms. The maximum atomic E-state index is 5.58. The van der Waals surface area contributed by atoms with E-state index in [1.807, 2.05) is 19.1 Å². The molecule has 0 saturated heterocycles. The largest absolute Gasteiger partial charge is 0.486 e. The molecule has 1 aromatic heterocycles. The summed E-state index contributed by atoms with van der Waals surface area (Å²) < 4.78 is 11.1. The van der Waals surface area contributed by atoms with E-state index in [-0.39, 0.29) is 0 Å². The third-order valence-electron chi connectivity index (χ3n) is 3.19. The number of benzene rings is 1. The van der Waals surface area contributed by atoms with E-state index in [1.54, 1.807) is 12.4 Å². The minimum absolute atomic E-state index is 0.619. The number of nitrogens with zero attached hydrogens (tertiary/aromatic N) is 2. The van der Waals surface area contributed by atoms with Gasteiger partial charge in [0.25, 0.3) is 0 Å². The van der Waals surface area contributed by atoms with E-state index in [9.17, 15) is 0 Å². The zero-order valence-electron chi connectivity index (χ0n) is 11.4. The molecule has 1 N–H and O–H groups in total. The fourth-order valence-electron chi connectivity index (χ4n) is 2.15. The van der Waals surface area contributed by atoms with Gasteiger partial charge in [0.2, 0.25) is 0 Å². The van der Waals surface area contributed by atoms with Crippen LogP contribution in [0.3, 0.4) is 0 Å². The van der Waals surface area contributed by atoms with Crippen molar-refractivity contribution < 1.29 is 9.47 Å². The average molecular weight is 271 g/mol. The van der Waals surface area contributed by atoms with E-state index in [1.165, 1.54) is 5.56 Å². The maximum Gasteiger partial charge on any atom is 0.161 e. The van der Waals surface area contributed by atoms with Crippen molar-refractivity contribution in [3.63, 3.8) is 0 Å². The summed E-state index contributed by atoms with van der Waals surface area (Å²) in [5.74, 6) is 2.51. The molecule has 5 nitrogen and oxygen atoms in total. The zero-order valence-corrected chi connectivity index (χ0v) is 11.4. The number of ether oxygens (including phenoxy) is 2. The van der Waals surface area contributed by atoms with Gasteiger partial charge in [0.05, 0.1) is 5.69 Å². The Morgan fingerprint density at radius 3 is 2.75 bits per heavy atom. The summed E-state index contributed by atoms with van der Waals surface area (Å²) in [7, 11) is 0. The van der Waals surface area contributed by atoms with Gasteiger partial charge in [-0.15, -0.1) is 0 Å². The number of fused-ring (bicyclic) bond motifs is 1. The van der Waals surface area contributed by atoms with Crippen LogP contribution < -0.4 is 14.8 Å². The maximum absolute atomic E-state index is 5.58. The lowest BCUT2D eigenvalue weighted by Crippen LogP contribution is -2.15. The van der Waals surface area contributed by atoms with Crippen LogP contribution in [0.5, 0.6) is 11.5 Å². The number of hydrogen-bond donors (Lipinski definition) is 1. The summed E-state index contributed by atoms with van der Waals surface area (Å²) >= 11 is 0. The number of aromatic nitrogens is 2. The van der Waals surface area contributed by atoms with E-state index < -0.39 is 0 Å². The van der Waals surface area contributed by atoms with E-state index in [0.29, 0.717) is 13.2 Å². The first-order valence-corrected chi connectivity index (χ1v) is 6.73. The molecule has 0 spiro atoms. The Balaban J connectivity index is 1.60. The fourth-order valence-corrected chi connectivity index (χ4v) is 2.15. The number of rotatable bonds is 4. The molecule has 0 amide bonds. The number of anilines is 1. The lowest BCUT2D eigenvalue weighted by molar-refractivity contribution is 0.171. The lowest BCUT2D eigenvalue weighted by atomic mass is 10.1. The molecule has 1 aromatic carbocycles. The van der Waals surface area contributed by atoms with Crippen molar-refractivity contribution in [3.8, 4) is 11.5 Å².